The molecule has 1 aromatic carbocycles. The van der Waals surface area contributed by atoms with Gasteiger partial charge in [-0.2, -0.15) is 0 Å². The van der Waals surface area contributed by atoms with E-state index in [4.69, 9.17) is 5.73 Å². The molecule has 0 unspecified atom stereocenters. The number of hydrogen-bond acceptors (Lipinski definition) is 6. The first-order valence-electron chi connectivity index (χ1n) is 8.87. The number of amides is 1. The zero-order valence-corrected chi connectivity index (χ0v) is 15.6. The van der Waals surface area contributed by atoms with Crippen molar-refractivity contribution in [2.24, 2.45) is 0 Å². The summed E-state index contributed by atoms with van der Waals surface area (Å²) in [6.45, 7) is 2.37. The lowest BCUT2D eigenvalue weighted by molar-refractivity contribution is -0.137. The fraction of sp³-hybridized carbons (Fsp3) is 0.238. The number of likely N-dealkylation sites (tertiary alicyclic amines) is 1. The maximum atomic E-state index is 12.1. The largest absolute Gasteiger partial charge is 0.383 e. The molecule has 2 aromatic heterocycles. The van der Waals surface area contributed by atoms with E-state index in [1.165, 1.54) is 4.90 Å². The summed E-state index contributed by atoms with van der Waals surface area (Å²) in [6.07, 6.45) is 1.97. The molecule has 0 spiro atoms. The van der Waals surface area contributed by atoms with E-state index in [9.17, 15) is 9.90 Å². The first-order valence-corrected chi connectivity index (χ1v) is 8.87. The Labute approximate surface area is 162 Å². The standard InChI is InChI=1S/C21H19N5O2/c1-13-10-16-17(12-23-13)24-19(25-18(16)22)15-5-3-4-14(11-15)6-7-21(28)8-9-26(2)20(21)27/h3-5,10-12,28H,8-9H2,1-2H3,(H2,22,24,25)/t21-/m0/s1. The number of carbonyl (C=O) groups excluding carboxylic acids is 1. The van der Waals surface area contributed by atoms with E-state index in [2.05, 4.69) is 26.8 Å². The number of nitrogen functional groups attached to an aromatic ring is 1. The maximum absolute atomic E-state index is 12.1. The van der Waals surface area contributed by atoms with Crippen LogP contribution in [0.5, 0.6) is 0 Å². The molecule has 0 saturated carbocycles. The number of nitrogens with two attached hydrogens (primary N) is 1. The Morgan fingerprint density at radius 3 is 2.86 bits per heavy atom. The van der Waals surface area contributed by atoms with Gasteiger partial charge >= 0.3 is 0 Å². The first kappa shape index (κ1) is 17.9. The molecule has 7 heteroatoms. The summed E-state index contributed by atoms with van der Waals surface area (Å²) in [6, 6.07) is 9.15. The average Bonchev–Trinajstić information content (AvgIpc) is 2.95. The molecule has 1 aliphatic heterocycles. The smallest absolute Gasteiger partial charge is 0.267 e. The number of anilines is 1. The van der Waals surface area contributed by atoms with Crippen LogP contribution in [0.25, 0.3) is 22.3 Å². The molecule has 1 fully saturated rings. The number of benzene rings is 1. The Hall–Kier alpha value is -3.50. The van der Waals surface area contributed by atoms with Crippen LogP contribution in [-0.4, -0.2) is 50.1 Å². The lowest BCUT2D eigenvalue weighted by Gasteiger charge is -2.13. The SMILES string of the molecule is Cc1cc2c(N)nc(-c3cccc(C#C[C@]4(O)CCN(C)C4=O)c3)nc2cn1. The molecule has 1 saturated heterocycles. The number of aromatic nitrogens is 3. The van der Waals surface area contributed by atoms with Crippen LogP contribution < -0.4 is 5.73 Å². The molecule has 3 aromatic rings. The van der Waals surface area contributed by atoms with Gasteiger partial charge in [0.05, 0.1) is 11.7 Å². The molecule has 1 amide bonds. The molecule has 0 aliphatic carbocycles. The number of aliphatic hydroxyl groups is 1. The molecular weight excluding hydrogens is 354 g/mol. The summed E-state index contributed by atoms with van der Waals surface area (Å²) < 4.78 is 0. The minimum absolute atomic E-state index is 0.297. The van der Waals surface area contributed by atoms with E-state index in [-0.39, 0.29) is 5.91 Å². The highest BCUT2D eigenvalue weighted by atomic mass is 16.3. The van der Waals surface area contributed by atoms with Gasteiger partial charge in [0.1, 0.15) is 5.82 Å². The summed E-state index contributed by atoms with van der Waals surface area (Å²) in [7, 11) is 1.65. The van der Waals surface area contributed by atoms with E-state index in [0.29, 0.717) is 35.7 Å². The highest BCUT2D eigenvalue weighted by molar-refractivity contribution is 5.91. The number of hydrogen-bond donors (Lipinski definition) is 2. The Morgan fingerprint density at radius 2 is 2.11 bits per heavy atom. The average molecular weight is 373 g/mol. The molecular formula is C21H19N5O2. The van der Waals surface area contributed by atoms with Crippen molar-refractivity contribution in [3.8, 4) is 23.2 Å². The number of pyridine rings is 1. The Balaban J connectivity index is 1.71. The van der Waals surface area contributed by atoms with Crippen LogP contribution in [0.15, 0.2) is 36.5 Å². The minimum atomic E-state index is -1.63. The molecule has 28 heavy (non-hydrogen) atoms. The number of fused-ring (bicyclic) bond motifs is 1. The van der Waals surface area contributed by atoms with Crippen molar-refractivity contribution >= 4 is 22.6 Å². The van der Waals surface area contributed by atoms with Gasteiger partial charge in [-0.15, -0.1) is 0 Å². The van der Waals surface area contributed by atoms with Crippen molar-refractivity contribution in [2.45, 2.75) is 18.9 Å². The Morgan fingerprint density at radius 1 is 1.29 bits per heavy atom. The third-order valence-corrected chi connectivity index (χ3v) is 4.79. The minimum Gasteiger partial charge on any atom is -0.383 e. The number of nitrogens with zero attached hydrogens (tertiary/aromatic N) is 4. The van der Waals surface area contributed by atoms with Crippen LogP contribution in [-0.2, 0) is 4.79 Å². The Kier molecular flexibility index (Phi) is 4.21. The zero-order chi connectivity index (χ0) is 19.9. The van der Waals surface area contributed by atoms with Crippen molar-refractivity contribution in [2.75, 3.05) is 19.3 Å². The summed E-state index contributed by atoms with van der Waals surface area (Å²) in [5.41, 5.74) is 7.38. The van der Waals surface area contributed by atoms with Crippen molar-refractivity contribution in [1.29, 1.82) is 0 Å². The summed E-state index contributed by atoms with van der Waals surface area (Å²) in [4.78, 5) is 26.8. The van der Waals surface area contributed by atoms with E-state index >= 15 is 0 Å². The highest BCUT2D eigenvalue weighted by Gasteiger charge is 2.42. The maximum Gasteiger partial charge on any atom is 0.267 e. The van der Waals surface area contributed by atoms with Gasteiger partial charge in [0.25, 0.3) is 5.91 Å². The lowest BCUT2D eigenvalue weighted by atomic mass is 10.0. The molecule has 0 bridgehead atoms. The van der Waals surface area contributed by atoms with Crippen molar-refractivity contribution in [3.63, 3.8) is 0 Å². The lowest BCUT2D eigenvalue weighted by Crippen LogP contribution is -2.37. The van der Waals surface area contributed by atoms with Gasteiger partial charge < -0.3 is 15.7 Å². The van der Waals surface area contributed by atoms with Gasteiger partial charge in [0.2, 0.25) is 5.60 Å². The number of rotatable bonds is 1. The van der Waals surface area contributed by atoms with Crippen molar-refractivity contribution < 1.29 is 9.90 Å². The Bertz CT molecular complexity index is 1160. The fourth-order valence-corrected chi connectivity index (χ4v) is 3.17. The topological polar surface area (TPSA) is 105 Å². The number of carbonyl (C=O) groups is 1. The van der Waals surface area contributed by atoms with Crippen LogP contribution >= 0.6 is 0 Å². The molecule has 1 aliphatic rings. The second-order valence-corrected chi connectivity index (χ2v) is 6.94. The zero-order valence-electron chi connectivity index (χ0n) is 15.6. The first-order chi connectivity index (χ1) is 13.4. The fourth-order valence-electron chi connectivity index (χ4n) is 3.17. The van der Waals surface area contributed by atoms with Gasteiger partial charge in [-0.25, -0.2) is 9.97 Å². The second-order valence-electron chi connectivity index (χ2n) is 6.94. The van der Waals surface area contributed by atoms with Gasteiger partial charge in [-0.05, 0) is 25.1 Å². The van der Waals surface area contributed by atoms with Crippen LogP contribution in [0.3, 0.4) is 0 Å². The number of likely N-dealkylation sites (N-methyl/N-ethyl adjacent to an activating group) is 1. The third kappa shape index (κ3) is 3.15. The van der Waals surface area contributed by atoms with Gasteiger partial charge in [0, 0.05) is 42.2 Å². The van der Waals surface area contributed by atoms with Crippen LogP contribution in [0.4, 0.5) is 5.82 Å². The van der Waals surface area contributed by atoms with Crippen molar-refractivity contribution in [1.82, 2.24) is 19.9 Å². The van der Waals surface area contributed by atoms with Crippen LogP contribution in [0.2, 0.25) is 0 Å². The normalized spacial score (nSPS) is 19.0. The van der Waals surface area contributed by atoms with E-state index in [0.717, 1.165) is 16.6 Å². The summed E-state index contributed by atoms with van der Waals surface area (Å²) in [5.74, 6) is 6.10. The third-order valence-electron chi connectivity index (χ3n) is 4.79. The predicted octanol–water partition coefficient (Wildman–Crippen LogP) is 1.53. The molecule has 140 valence electrons. The quantitative estimate of drug-likeness (QED) is 0.627. The monoisotopic (exact) mass is 373 g/mol. The highest BCUT2D eigenvalue weighted by Crippen LogP contribution is 2.24. The summed E-state index contributed by atoms with van der Waals surface area (Å²) in [5, 5.41) is 11.2. The molecule has 3 N–H and O–H groups in total. The molecule has 3 heterocycles. The van der Waals surface area contributed by atoms with Crippen LogP contribution in [0.1, 0.15) is 17.7 Å². The van der Waals surface area contributed by atoms with E-state index < -0.39 is 5.60 Å². The second kappa shape index (κ2) is 6.59. The number of aryl methyl sites for hydroxylation is 1. The van der Waals surface area contributed by atoms with Gasteiger partial charge in [0.15, 0.2) is 5.82 Å². The molecule has 0 radical (unpaired) electrons. The molecule has 7 nitrogen and oxygen atoms in total. The van der Waals surface area contributed by atoms with Crippen LogP contribution in [0, 0.1) is 18.8 Å². The molecule has 4 rings (SSSR count). The van der Waals surface area contributed by atoms with Gasteiger partial charge in [-0.1, -0.05) is 24.0 Å². The van der Waals surface area contributed by atoms with Gasteiger partial charge in [-0.3, -0.25) is 9.78 Å². The molecule has 1 atom stereocenters. The summed E-state index contributed by atoms with van der Waals surface area (Å²) >= 11 is 0. The van der Waals surface area contributed by atoms with E-state index in [1.54, 1.807) is 19.3 Å². The van der Waals surface area contributed by atoms with Crippen molar-refractivity contribution in [3.05, 3.63) is 47.8 Å². The van der Waals surface area contributed by atoms with E-state index in [1.807, 2.05) is 31.2 Å². The predicted molar refractivity (Wildman–Crippen MR) is 106 cm³/mol.